The van der Waals surface area contributed by atoms with Gasteiger partial charge >= 0.3 is 0 Å². The fraction of sp³-hybridized carbons (Fsp3) is 0.0182. The highest BCUT2D eigenvalue weighted by atomic mass is 16.3. The third kappa shape index (κ3) is 3.84. The first-order chi connectivity index (χ1) is 27.8. The zero-order chi connectivity index (χ0) is 36.5. The van der Waals surface area contributed by atoms with E-state index in [-0.39, 0.29) is 0 Å². The molecule has 1 nitrogen and oxygen atoms in total. The van der Waals surface area contributed by atoms with E-state index in [0.717, 1.165) is 27.3 Å². The van der Waals surface area contributed by atoms with Crippen LogP contribution in [-0.2, 0) is 5.41 Å². The lowest BCUT2D eigenvalue weighted by atomic mass is 9.69. The monoisotopic (exact) mass is 708 g/mol. The maximum atomic E-state index is 6.76. The van der Waals surface area contributed by atoms with E-state index in [9.17, 15) is 0 Å². The van der Waals surface area contributed by atoms with E-state index in [1.54, 1.807) is 0 Å². The second-order valence-electron chi connectivity index (χ2n) is 15.5. The van der Waals surface area contributed by atoms with Crippen LogP contribution in [0.4, 0.5) is 0 Å². The predicted octanol–water partition coefficient (Wildman–Crippen LogP) is 14.7. The van der Waals surface area contributed by atoms with E-state index in [1.807, 2.05) is 0 Å². The van der Waals surface area contributed by atoms with Crippen LogP contribution in [0, 0.1) is 0 Å². The molecule has 0 aliphatic heterocycles. The largest absolute Gasteiger partial charge is 0.455 e. The van der Waals surface area contributed by atoms with Gasteiger partial charge in [0, 0.05) is 16.2 Å². The number of fused-ring (bicyclic) bond motifs is 17. The van der Waals surface area contributed by atoms with Gasteiger partial charge in [-0.3, -0.25) is 0 Å². The van der Waals surface area contributed by atoms with E-state index >= 15 is 0 Å². The lowest BCUT2D eigenvalue weighted by molar-refractivity contribution is 0.673. The third-order valence-corrected chi connectivity index (χ3v) is 12.8. The molecule has 0 N–H and O–H groups in total. The van der Waals surface area contributed by atoms with Crippen LogP contribution in [0.15, 0.2) is 199 Å². The van der Waals surface area contributed by atoms with Gasteiger partial charge in [0.15, 0.2) is 0 Å². The molecule has 0 saturated heterocycles. The Balaban J connectivity index is 1.21. The maximum absolute atomic E-state index is 6.76. The summed E-state index contributed by atoms with van der Waals surface area (Å²) in [5.74, 6) is 0. The number of furan rings is 1. The average Bonchev–Trinajstić information content (AvgIpc) is 3.89. The minimum Gasteiger partial charge on any atom is -0.455 e. The normalized spacial score (nSPS) is 13.5. The molecule has 2 aliphatic rings. The van der Waals surface area contributed by atoms with Gasteiger partial charge in [-0.15, -0.1) is 0 Å². The van der Waals surface area contributed by atoms with Crippen LogP contribution < -0.4 is 0 Å². The van der Waals surface area contributed by atoms with Crippen molar-refractivity contribution in [1.29, 1.82) is 0 Å². The van der Waals surface area contributed by atoms with Gasteiger partial charge in [-0.2, -0.15) is 0 Å². The van der Waals surface area contributed by atoms with Gasteiger partial charge in [-0.1, -0.05) is 152 Å². The summed E-state index contributed by atoms with van der Waals surface area (Å²) < 4.78 is 6.76. The molecule has 258 valence electrons. The van der Waals surface area contributed by atoms with Crippen molar-refractivity contribution in [3.05, 3.63) is 216 Å². The topological polar surface area (TPSA) is 13.1 Å². The van der Waals surface area contributed by atoms with Crippen LogP contribution in [0.2, 0.25) is 0 Å². The first-order valence-corrected chi connectivity index (χ1v) is 19.5. The second-order valence-corrected chi connectivity index (χ2v) is 15.5. The fourth-order valence-electron chi connectivity index (χ4n) is 10.5. The van der Waals surface area contributed by atoms with Gasteiger partial charge in [-0.05, 0) is 136 Å². The van der Waals surface area contributed by atoms with Crippen molar-refractivity contribution in [3.63, 3.8) is 0 Å². The van der Waals surface area contributed by atoms with Crippen molar-refractivity contribution in [3.8, 4) is 44.5 Å². The van der Waals surface area contributed by atoms with Crippen LogP contribution in [0.5, 0.6) is 0 Å². The molecule has 56 heavy (non-hydrogen) atoms. The molecule has 0 amide bonds. The van der Waals surface area contributed by atoms with Crippen molar-refractivity contribution >= 4 is 54.3 Å². The average molecular weight is 709 g/mol. The van der Waals surface area contributed by atoms with Crippen LogP contribution >= 0.6 is 0 Å². The Bertz CT molecular complexity index is 3440. The van der Waals surface area contributed by atoms with E-state index in [0.29, 0.717) is 0 Å². The SMILES string of the molecule is c1ccc2c(c1)-c1ccccc1C21c2cc3ccccc3cc2-c2c(-c3ccc4ccccc4c3)cc(-c3cccc4oc5c6ccccc6ccc5c34)cc21. The Labute approximate surface area is 323 Å². The van der Waals surface area contributed by atoms with Gasteiger partial charge in [0.1, 0.15) is 11.2 Å². The molecule has 0 atom stereocenters. The molecular formula is C55H32O. The minimum atomic E-state index is -0.508. The first-order valence-electron chi connectivity index (χ1n) is 19.5. The summed E-state index contributed by atoms with van der Waals surface area (Å²) in [6.07, 6.45) is 0. The van der Waals surface area contributed by atoms with Crippen molar-refractivity contribution in [2.24, 2.45) is 0 Å². The first kappa shape index (κ1) is 30.1. The molecule has 1 heteroatoms. The molecule has 1 heterocycles. The van der Waals surface area contributed by atoms with E-state index in [2.05, 4.69) is 194 Å². The van der Waals surface area contributed by atoms with Crippen molar-refractivity contribution in [2.75, 3.05) is 0 Å². The summed E-state index contributed by atoms with van der Waals surface area (Å²) in [5, 5.41) is 9.61. The lowest BCUT2D eigenvalue weighted by Gasteiger charge is -2.31. The van der Waals surface area contributed by atoms with Crippen LogP contribution in [0.25, 0.3) is 98.8 Å². The highest BCUT2D eigenvalue weighted by molar-refractivity contribution is 6.19. The van der Waals surface area contributed by atoms with Gasteiger partial charge in [0.2, 0.25) is 0 Å². The quantitative estimate of drug-likeness (QED) is 0.174. The summed E-state index contributed by atoms with van der Waals surface area (Å²) in [6.45, 7) is 0. The van der Waals surface area contributed by atoms with Crippen molar-refractivity contribution in [1.82, 2.24) is 0 Å². The van der Waals surface area contributed by atoms with Crippen LogP contribution in [0.1, 0.15) is 22.3 Å². The molecule has 11 aromatic rings. The zero-order valence-electron chi connectivity index (χ0n) is 30.4. The van der Waals surface area contributed by atoms with Crippen LogP contribution in [-0.4, -0.2) is 0 Å². The highest BCUT2D eigenvalue weighted by Crippen LogP contribution is 2.65. The Hall–Kier alpha value is -7.22. The molecule has 13 rings (SSSR count). The smallest absolute Gasteiger partial charge is 0.143 e. The van der Waals surface area contributed by atoms with E-state index in [4.69, 9.17) is 4.42 Å². The molecule has 0 radical (unpaired) electrons. The fourth-order valence-corrected chi connectivity index (χ4v) is 10.5. The summed E-state index contributed by atoms with van der Waals surface area (Å²) in [7, 11) is 0. The Morgan fingerprint density at radius 2 is 0.946 bits per heavy atom. The minimum absolute atomic E-state index is 0.508. The Morgan fingerprint density at radius 1 is 0.321 bits per heavy atom. The number of hydrogen-bond donors (Lipinski definition) is 0. The summed E-state index contributed by atoms with van der Waals surface area (Å²) in [5.41, 5.74) is 16.8. The van der Waals surface area contributed by atoms with Gasteiger partial charge in [0.05, 0.1) is 5.41 Å². The summed E-state index contributed by atoms with van der Waals surface area (Å²) >= 11 is 0. The standard InChI is InChI=1S/C55H32O/c1-2-14-35-28-38(25-24-33(35)12-1)45-30-39(40-20-11-23-51-53(40)44-27-26-34-13-5-6-17-41(34)54(44)56-51)32-50-52(45)46-29-36-15-3-4-16-37(36)31-49(46)55(50)47-21-9-7-18-42(47)43-19-8-10-22-48(43)55/h1-32H. The zero-order valence-corrected chi connectivity index (χ0v) is 30.4. The number of rotatable bonds is 2. The number of hydrogen-bond acceptors (Lipinski definition) is 1. The summed E-state index contributed by atoms with van der Waals surface area (Å²) in [6, 6.07) is 72.3. The van der Waals surface area contributed by atoms with Gasteiger partial charge in [-0.25, -0.2) is 0 Å². The van der Waals surface area contributed by atoms with E-state index in [1.165, 1.54) is 93.7 Å². The molecular weight excluding hydrogens is 677 g/mol. The molecule has 1 aromatic heterocycles. The molecule has 10 aromatic carbocycles. The molecule has 1 spiro atoms. The van der Waals surface area contributed by atoms with Crippen LogP contribution in [0.3, 0.4) is 0 Å². The number of benzene rings is 10. The predicted molar refractivity (Wildman–Crippen MR) is 233 cm³/mol. The third-order valence-electron chi connectivity index (χ3n) is 12.8. The summed E-state index contributed by atoms with van der Waals surface area (Å²) in [4.78, 5) is 0. The lowest BCUT2D eigenvalue weighted by Crippen LogP contribution is -2.26. The van der Waals surface area contributed by atoms with Gasteiger partial charge < -0.3 is 4.42 Å². The maximum Gasteiger partial charge on any atom is 0.143 e. The van der Waals surface area contributed by atoms with Crippen molar-refractivity contribution < 1.29 is 4.42 Å². The molecule has 2 aliphatic carbocycles. The van der Waals surface area contributed by atoms with E-state index < -0.39 is 5.41 Å². The molecule has 0 saturated carbocycles. The van der Waals surface area contributed by atoms with Crippen molar-refractivity contribution in [2.45, 2.75) is 5.41 Å². The second kappa shape index (κ2) is 10.9. The van der Waals surface area contributed by atoms with Gasteiger partial charge in [0.25, 0.3) is 0 Å². The molecule has 0 bridgehead atoms. The Kier molecular flexibility index (Phi) is 5.89. The highest BCUT2D eigenvalue weighted by Gasteiger charge is 2.52. The molecule has 0 fully saturated rings. The molecule has 0 unspecified atom stereocenters. The Morgan fingerprint density at radius 3 is 1.73 bits per heavy atom.